The number of hydrogen-bond donors (Lipinski definition) is 0. The van der Waals surface area contributed by atoms with Crippen LogP contribution in [0.25, 0.3) is 0 Å². The predicted molar refractivity (Wildman–Crippen MR) is 158 cm³/mol. The quantitative estimate of drug-likeness (QED) is 0.306. The molecule has 0 amide bonds. The van der Waals surface area contributed by atoms with Crippen LogP contribution in [-0.4, -0.2) is 47.5 Å². The van der Waals surface area contributed by atoms with Gasteiger partial charge in [0.15, 0.2) is 12.4 Å². The molecule has 4 aliphatic rings. The van der Waals surface area contributed by atoms with Crippen molar-refractivity contribution in [3.8, 4) is 0 Å². The Hall–Kier alpha value is -4.11. The highest BCUT2D eigenvalue weighted by Crippen LogP contribution is 2.68. The van der Waals surface area contributed by atoms with Crippen LogP contribution >= 0.6 is 11.6 Å². The van der Waals surface area contributed by atoms with Crippen LogP contribution in [-0.2, 0) is 38.2 Å². The summed E-state index contributed by atoms with van der Waals surface area (Å²) in [6.45, 7) is 5.67. The molecule has 0 unspecified atom stereocenters. The van der Waals surface area contributed by atoms with E-state index in [0.717, 1.165) is 0 Å². The van der Waals surface area contributed by atoms with Crippen LogP contribution in [0.4, 0.5) is 0 Å². The molecule has 9 nitrogen and oxygen atoms in total. The summed E-state index contributed by atoms with van der Waals surface area (Å²) in [5, 5.41) is 0. The Labute approximate surface area is 259 Å². The van der Waals surface area contributed by atoms with Gasteiger partial charge in [-0.2, -0.15) is 0 Å². The smallest absolute Gasteiger partial charge is 0.339 e. The van der Waals surface area contributed by atoms with Crippen molar-refractivity contribution in [2.24, 2.45) is 28.6 Å². The molecular weight excluding hydrogens is 588 g/mol. The maximum Gasteiger partial charge on any atom is 0.339 e. The SMILES string of the molecule is CCC(=O)OCC(=O)[C@@]1(OC(=O)c2ccccc2)C(=CCl)C[C@H]2[C@@H]3C=C(OC(C)=O)C4=CC(=O)C=C[C@]4(C)[C@H]3C(=O)C[C@@]21C. The molecular formula is C34H33ClO9. The van der Waals surface area contributed by atoms with Gasteiger partial charge in [-0.05, 0) is 54.2 Å². The molecule has 1 aromatic rings. The third kappa shape index (κ3) is 4.78. The van der Waals surface area contributed by atoms with Crippen LogP contribution in [0.3, 0.4) is 0 Å². The fourth-order valence-electron chi connectivity index (χ4n) is 7.70. The second-order valence-electron chi connectivity index (χ2n) is 12.1. The second kappa shape index (κ2) is 11.4. The number of halogens is 1. The summed E-state index contributed by atoms with van der Waals surface area (Å²) in [6.07, 6.45) is 6.13. The highest BCUT2D eigenvalue weighted by Gasteiger charge is 2.72. The van der Waals surface area contributed by atoms with Crippen molar-refractivity contribution in [2.75, 3.05) is 6.61 Å². The van der Waals surface area contributed by atoms with Crippen LogP contribution in [0.2, 0.25) is 0 Å². The first-order valence-electron chi connectivity index (χ1n) is 14.5. The summed E-state index contributed by atoms with van der Waals surface area (Å²) in [5.74, 6) is -4.91. The maximum absolute atomic E-state index is 14.3. The highest BCUT2D eigenvalue weighted by atomic mass is 35.5. The topological polar surface area (TPSA) is 130 Å². The molecule has 0 N–H and O–H groups in total. The first-order valence-corrected chi connectivity index (χ1v) is 14.9. The molecule has 6 atom stereocenters. The molecule has 2 fully saturated rings. The second-order valence-corrected chi connectivity index (χ2v) is 12.4. The zero-order chi connectivity index (χ0) is 32.0. The van der Waals surface area contributed by atoms with Gasteiger partial charge in [-0.25, -0.2) is 4.79 Å². The van der Waals surface area contributed by atoms with Crippen molar-refractivity contribution >= 4 is 46.9 Å². The molecule has 10 heteroatoms. The molecule has 44 heavy (non-hydrogen) atoms. The molecule has 0 aromatic heterocycles. The van der Waals surface area contributed by atoms with Gasteiger partial charge in [0.05, 0.1) is 5.56 Å². The number of fused-ring (bicyclic) bond motifs is 5. The van der Waals surface area contributed by atoms with Crippen LogP contribution in [0, 0.1) is 28.6 Å². The number of hydrogen-bond acceptors (Lipinski definition) is 9. The summed E-state index contributed by atoms with van der Waals surface area (Å²) in [5.41, 5.74) is -2.30. The van der Waals surface area contributed by atoms with E-state index in [1.54, 1.807) is 56.3 Å². The lowest BCUT2D eigenvalue weighted by Gasteiger charge is -2.55. The van der Waals surface area contributed by atoms with Gasteiger partial charge in [0.25, 0.3) is 0 Å². The number of ketones is 3. The van der Waals surface area contributed by atoms with E-state index < -0.39 is 64.5 Å². The molecule has 230 valence electrons. The van der Waals surface area contributed by atoms with Gasteiger partial charge in [-0.3, -0.25) is 24.0 Å². The Morgan fingerprint density at radius 1 is 1.09 bits per heavy atom. The summed E-state index contributed by atoms with van der Waals surface area (Å²) < 4.78 is 17.0. The van der Waals surface area contributed by atoms with E-state index in [4.69, 9.17) is 25.8 Å². The fraction of sp³-hybridized carbons (Fsp3) is 0.412. The molecule has 2 saturated carbocycles. The minimum Gasteiger partial charge on any atom is -0.457 e. The lowest BCUT2D eigenvalue weighted by molar-refractivity contribution is -0.167. The average Bonchev–Trinajstić information content (AvgIpc) is 3.24. The largest absolute Gasteiger partial charge is 0.457 e. The van der Waals surface area contributed by atoms with E-state index in [1.807, 2.05) is 6.92 Å². The minimum absolute atomic E-state index is 0.0264. The van der Waals surface area contributed by atoms with Gasteiger partial charge >= 0.3 is 17.9 Å². The number of rotatable bonds is 7. The Bertz CT molecular complexity index is 1580. The van der Waals surface area contributed by atoms with Crippen molar-refractivity contribution in [1.82, 2.24) is 0 Å². The van der Waals surface area contributed by atoms with Gasteiger partial charge in [0.2, 0.25) is 11.4 Å². The molecule has 0 spiro atoms. The molecule has 0 bridgehead atoms. The third-order valence-corrected chi connectivity index (χ3v) is 9.92. The highest BCUT2D eigenvalue weighted by molar-refractivity contribution is 6.26. The van der Waals surface area contributed by atoms with E-state index in [-0.39, 0.29) is 47.7 Å². The number of benzene rings is 1. The zero-order valence-electron chi connectivity index (χ0n) is 24.9. The summed E-state index contributed by atoms with van der Waals surface area (Å²) >= 11 is 6.40. The molecule has 1 aromatic carbocycles. The normalized spacial score (nSPS) is 32.9. The zero-order valence-corrected chi connectivity index (χ0v) is 25.6. The summed E-state index contributed by atoms with van der Waals surface area (Å²) in [6, 6.07) is 8.11. The average molecular weight is 621 g/mol. The predicted octanol–water partition coefficient (Wildman–Crippen LogP) is 4.99. The van der Waals surface area contributed by atoms with Crippen molar-refractivity contribution < 1.29 is 43.0 Å². The Morgan fingerprint density at radius 2 is 1.80 bits per heavy atom. The standard InChI is InChI=1S/C34H33ClO9/c1-5-29(40)42-18-28(39)34(44-31(41)20-9-7-6-8-10-20)21(17-35)13-24-23-15-27(43-19(2)36)25-14-22(37)11-12-32(25,3)30(23)26(38)16-33(24,34)4/h6-12,14-15,17,23-24,30H,5,13,16,18H2,1-4H3/t23-,24-,30+,32-,33-,34-/m0/s1. The Morgan fingerprint density at radius 3 is 2.43 bits per heavy atom. The number of carbonyl (C=O) groups excluding carboxylic acids is 6. The van der Waals surface area contributed by atoms with Crippen LogP contribution < -0.4 is 0 Å². The number of carbonyl (C=O) groups is 6. The molecule has 4 aliphatic carbocycles. The van der Waals surface area contributed by atoms with E-state index in [0.29, 0.717) is 5.57 Å². The lowest BCUT2D eigenvalue weighted by Crippen LogP contribution is -2.62. The first kappa shape index (κ1) is 31.3. The van der Waals surface area contributed by atoms with E-state index >= 15 is 0 Å². The molecule has 0 saturated heterocycles. The Balaban J connectivity index is 1.69. The van der Waals surface area contributed by atoms with E-state index in [2.05, 4.69) is 0 Å². The number of Topliss-reactive ketones (excluding diaryl/α,β-unsaturated/α-hetero) is 2. The van der Waals surface area contributed by atoms with E-state index in [1.165, 1.54) is 24.6 Å². The molecule has 0 heterocycles. The van der Waals surface area contributed by atoms with Crippen LogP contribution in [0.1, 0.15) is 57.3 Å². The molecule has 0 radical (unpaired) electrons. The van der Waals surface area contributed by atoms with Crippen molar-refractivity contribution in [1.29, 1.82) is 0 Å². The van der Waals surface area contributed by atoms with Gasteiger partial charge in [-0.1, -0.05) is 56.6 Å². The number of allylic oxidation sites excluding steroid dienone is 5. The van der Waals surface area contributed by atoms with Gasteiger partial charge in [0, 0.05) is 47.6 Å². The van der Waals surface area contributed by atoms with Gasteiger partial charge in [0.1, 0.15) is 11.5 Å². The minimum atomic E-state index is -2.05. The van der Waals surface area contributed by atoms with E-state index in [9.17, 15) is 28.8 Å². The van der Waals surface area contributed by atoms with Crippen molar-refractivity contribution in [2.45, 2.75) is 52.6 Å². The van der Waals surface area contributed by atoms with Gasteiger partial charge in [-0.15, -0.1) is 0 Å². The van der Waals surface area contributed by atoms with Gasteiger partial charge < -0.3 is 14.2 Å². The van der Waals surface area contributed by atoms with Crippen molar-refractivity contribution in [3.63, 3.8) is 0 Å². The van der Waals surface area contributed by atoms with Crippen molar-refractivity contribution in [3.05, 3.63) is 82.6 Å². The third-order valence-electron chi connectivity index (χ3n) is 9.65. The maximum atomic E-state index is 14.3. The lowest BCUT2D eigenvalue weighted by atomic mass is 9.48. The Kier molecular flexibility index (Phi) is 8.14. The fourth-order valence-corrected chi connectivity index (χ4v) is 7.95. The monoisotopic (exact) mass is 620 g/mol. The van der Waals surface area contributed by atoms with Crippen LogP contribution in [0.15, 0.2) is 77.1 Å². The number of esters is 3. The summed E-state index contributed by atoms with van der Waals surface area (Å²) in [7, 11) is 0. The number of ether oxygens (including phenoxy) is 3. The first-order chi connectivity index (χ1) is 20.8. The molecule has 0 aliphatic heterocycles. The van der Waals surface area contributed by atoms with Crippen LogP contribution in [0.5, 0.6) is 0 Å². The molecule has 5 rings (SSSR count). The summed E-state index contributed by atoms with van der Waals surface area (Å²) in [4.78, 5) is 78.9.